The van der Waals surface area contributed by atoms with Crippen LogP contribution >= 0.6 is 0 Å². The highest BCUT2D eigenvalue weighted by atomic mass is 19.1. The van der Waals surface area contributed by atoms with Gasteiger partial charge in [-0.2, -0.15) is 0 Å². The van der Waals surface area contributed by atoms with Crippen molar-refractivity contribution in [2.75, 3.05) is 36.4 Å². The summed E-state index contributed by atoms with van der Waals surface area (Å²) in [6.07, 6.45) is 5.77. The second kappa shape index (κ2) is 9.01. The van der Waals surface area contributed by atoms with Gasteiger partial charge in [0.15, 0.2) is 11.6 Å². The smallest absolute Gasteiger partial charge is 0.222 e. The third-order valence-electron chi connectivity index (χ3n) is 6.09. The molecular weight excluding hydrogens is 423 g/mol. The van der Waals surface area contributed by atoms with Crippen molar-refractivity contribution in [3.8, 4) is 5.82 Å². The van der Waals surface area contributed by atoms with Crippen molar-refractivity contribution in [3.63, 3.8) is 0 Å². The van der Waals surface area contributed by atoms with E-state index in [4.69, 9.17) is 5.10 Å². The molecule has 1 aliphatic heterocycles. The van der Waals surface area contributed by atoms with E-state index >= 15 is 0 Å². The molecule has 0 radical (unpaired) electrons. The summed E-state index contributed by atoms with van der Waals surface area (Å²) in [4.78, 5) is 29.4. The number of pyridine rings is 1. The van der Waals surface area contributed by atoms with Crippen molar-refractivity contribution in [3.05, 3.63) is 30.4 Å². The van der Waals surface area contributed by atoms with Crippen LogP contribution in [0.2, 0.25) is 0 Å². The maximum absolute atomic E-state index is 14.6. The highest BCUT2D eigenvalue weighted by molar-refractivity contribution is 5.95. The Kier molecular flexibility index (Phi) is 6.29. The summed E-state index contributed by atoms with van der Waals surface area (Å²) in [5.74, 6) is 1.41. The first kappa shape index (κ1) is 23.0. The quantitative estimate of drug-likeness (QED) is 0.586. The highest BCUT2D eigenvalue weighted by Gasteiger charge is 2.30. The molecule has 1 aliphatic rings. The van der Waals surface area contributed by atoms with Gasteiger partial charge >= 0.3 is 0 Å². The van der Waals surface area contributed by atoms with E-state index in [2.05, 4.69) is 43.9 Å². The van der Waals surface area contributed by atoms with Crippen LogP contribution in [0.4, 0.5) is 16.0 Å². The topological polar surface area (TPSA) is 92.1 Å². The monoisotopic (exact) mass is 454 g/mol. The van der Waals surface area contributed by atoms with Crippen LogP contribution in [0.25, 0.3) is 16.7 Å². The van der Waals surface area contributed by atoms with Gasteiger partial charge in [-0.3, -0.25) is 14.7 Å². The first-order valence-corrected chi connectivity index (χ1v) is 11.4. The Morgan fingerprint density at radius 3 is 2.70 bits per heavy atom. The maximum atomic E-state index is 14.6. The highest BCUT2D eigenvalue weighted by Crippen LogP contribution is 2.32. The summed E-state index contributed by atoms with van der Waals surface area (Å²) in [6.45, 7) is 12.5. The van der Waals surface area contributed by atoms with Crippen molar-refractivity contribution in [2.24, 2.45) is 0 Å². The molecule has 176 valence electrons. The van der Waals surface area contributed by atoms with Gasteiger partial charge in [-0.1, -0.05) is 13.8 Å². The molecule has 1 fully saturated rings. The summed E-state index contributed by atoms with van der Waals surface area (Å²) in [5.41, 5.74) is -0.689. The number of nitrogens with zero attached hydrogens (tertiary/aromatic N) is 7. The van der Waals surface area contributed by atoms with Crippen LogP contribution < -0.4 is 10.2 Å². The molecule has 10 heteroatoms. The number of rotatable bonds is 7. The molecule has 1 N–H and O–H groups in total. The minimum absolute atomic E-state index is 0.212. The van der Waals surface area contributed by atoms with Crippen LogP contribution in [0, 0.1) is 0 Å². The largest absolute Gasteiger partial charge is 0.353 e. The minimum atomic E-state index is -1.64. The van der Waals surface area contributed by atoms with Gasteiger partial charge in [0.05, 0.1) is 29.0 Å². The molecule has 9 nitrogen and oxygen atoms in total. The molecule has 0 saturated carbocycles. The fourth-order valence-electron chi connectivity index (χ4n) is 4.37. The fraction of sp³-hybridized carbons (Fsp3) is 0.522. The van der Waals surface area contributed by atoms with Crippen molar-refractivity contribution < 1.29 is 9.18 Å². The third-order valence-corrected chi connectivity index (χ3v) is 6.09. The number of likely N-dealkylation sites (N-methyl/N-ethyl adjacent to an activating group) is 1. The fourth-order valence-corrected chi connectivity index (χ4v) is 4.37. The summed E-state index contributed by atoms with van der Waals surface area (Å²) < 4.78 is 16.2. The third kappa shape index (κ3) is 4.66. The van der Waals surface area contributed by atoms with E-state index in [1.54, 1.807) is 23.1 Å². The zero-order valence-corrected chi connectivity index (χ0v) is 19.8. The predicted molar refractivity (Wildman–Crippen MR) is 126 cm³/mol. The molecule has 3 aromatic rings. The van der Waals surface area contributed by atoms with E-state index in [1.807, 2.05) is 0 Å². The van der Waals surface area contributed by atoms with E-state index in [-0.39, 0.29) is 11.6 Å². The van der Waals surface area contributed by atoms with Crippen LogP contribution in [0.15, 0.2) is 24.7 Å². The van der Waals surface area contributed by atoms with Crippen molar-refractivity contribution >= 4 is 28.4 Å². The Bertz CT molecular complexity index is 1150. The van der Waals surface area contributed by atoms with Gasteiger partial charge in [-0.15, -0.1) is 5.10 Å². The van der Waals surface area contributed by atoms with Gasteiger partial charge in [0.25, 0.3) is 0 Å². The number of hydrogen-bond acceptors (Lipinski definition) is 7. The number of carbonyl (C=O) groups is 1. The number of alkyl halides is 1. The van der Waals surface area contributed by atoms with E-state index in [1.165, 1.54) is 27.0 Å². The van der Waals surface area contributed by atoms with Crippen molar-refractivity contribution in [1.82, 2.24) is 29.6 Å². The molecular formula is C23H31FN8O. The van der Waals surface area contributed by atoms with Gasteiger partial charge in [0, 0.05) is 38.3 Å². The molecule has 0 spiro atoms. The molecule has 33 heavy (non-hydrogen) atoms. The number of hydrogen-bond donors (Lipinski definition) is 1. The average molecular weight is 455 g/mol. The number of amides is 1. The number of carbonyl (C=O) groups excluding carboxylic acids is 1. The van der Waals surface area contributed by atoms with E-state index in [0.717, 1.165) is 49.3 Å². The number of halogens is 1. The van der Waals surface area contributed by atoms with Crippen molar-refractivity contribution in [1.29, 1.82) is 0 Å². The van der Waals surface area contributed by atoms with Crippen LogP contribution in [0.5, 0.6) is 0 Å². The van der Waals surface area contributed by atoms with Crippen molar-refractivity contribution in [2.45, 2.75) is 52.8 Å². The molecule has 0 unspecified atom stereocenters. The zero-order valence-electron chi connectivity index (χ0n) is 19.8. The zero-order chi connectivity index (χ0) is 23.8. The van der Waals surface area contributed by atoms with Crippen LogP contribution in [-0.4, -0.2) is 67.8 Å². The molecule has 4 rings (SSSR count). The molecule has 4 heterocycles. The first-order chi connectivity index (χ1) is 15.7. The predicted octanol–water partition coefficient (Wildman–Crippen LogP) is 3.29. The Balaban J connectivity index is 1.80. The van der Waals surface area contributed by atoms with Gasteiger partial charge < -0.3 is 10.2 Å². The molecule has 0 aliphatic carbocycles. The number of anilines is 2. The standard InChI is InChI=1S/C23H31FN8O/c1-6-30(7-2)16-8-9-31(14-16)22-17-11-26-20(27-15(3)33)10-18(17)32(29-22)21-13-25-12-19(28-21)23(4,5)24/h10-13,16H,6-9,14H2,1-5H3,(H,26,27,33)/t16-/m0/s1. The summed E-state index contributed by atoms with van der Waals surface area (Å²) >= 11 is 0. The van der Waals surface area contributed by atoms with Gasteiger partial charge in [0.2, 0.25) is 5.91 Å². The van der Waals surface area contributed by atoms with Gasteiger partial charge in [0.1, 0.15) is 11.5 Å². The number of aromatic nitrogens is 5. The molecule has 0 bridgehead atoms. The Hall–Kier alpha value is -3.14. The number of nitrogens with one attached hydrogen (secondary N) is 1. The molecule has 3 aromatic heterocycles. The van der Waals surface area contributed by atoms with E-state index in [0.29, 0.717) is 17.7 Å². The lowest BCUT2D eigenvalue weighted by Gasteiger charge is -2.26. The van der Waals surface area contributed by atoms with Gasteiger partial charge in [-0.05, 0) is 33.4 Å². The molecule has 1 saturated heterocycles. The van der Waals surface area contributed by atoms with Crippen LogP contribution in [0.1, 0.15) is 46.7 Å². The van der Waals surface area contributed by atoms with E-state index < -0.39 is 5.67 Å². The Morgan fingerprint density at radius 2 is 2.03 bits per heavy atom. The van der Waals surface area contributed by atoms with Crippen LogP contribution in [0.3, 0.4) is 0 Å². The SMILES string of the molecule is CCN(CC)[C@H]1CCN(c2nn(-c3cncc(C(C)(C)F)n3)c3cc(NC(C)=O)ncc23)C1. The Labute approximate surface area is 193 Å². The summed E-state index contributed by atoms with van der Waals surface area (Å²) in [6, 6.07) is 2.22. The lowest BCUT2D eigenvalue weighted by atomic mass is 10.1. The second-order valence-electron chi connectivity index (χ2n) is 8.85. The second-order valence-corrected chi connectivity index (χ2v) is 8.85. The average Bonchev–Trinajstić information content (AvgIpc) is 3.38. The summed E-state index contributed by atoms with van der Waals surface area (Å²) in [5, 5.41) is 8.44. The number of fused-ring (bicyclic) bond motifs is 1. The molecule has 0 aromatic carbocycles. The normalized spacial score (nSPS) is 16.7. The maximum Gasteiger partial charge on any atom is 0.222 e. The van der Waals surface area contributed by atoms with E-state index in [9.17, 15) is 9.18 Å². The van der Waals surface area contributed by atoms with Crippen LogP contribution in [-0.2, 0) is 10.5 Å². The lowest BCUT2D eigenvalue weighted by molar-refractivity contribution is -0.114. The lowest BCUT2D eigenvalue weighted by Crippen LogP contribution is -2.37. The minimum Gasteiger partial charge on any atom is -0.353 e. The van der Waals surface area contributed by atoms with Gasteiger partial charge in [-0.25, -0.2) is 19.0 Å². The molecule has 1 atom stereocenters. The Morgan fingerprint density at radius 1 is 1.27 bits per heavy atom. The first-order valence-electron chi connectivity index (χ1n) is 11.4. The molecule has 1 amide bonds. The summed E-state index contributed by atoms with van der Waals surface area (Å²) in [7, 11) is 0.